The Labute approximate surface area is 102 Å². The van der Waals surface area contributed by atoms with Gasteiger partial charge in [-0.25, -0.2) is 4.79 Å². The number of H-pyrrole nitrogens is 1. The number of ketones is 1. The van der Waals surface area contributed by atoms with Crippen LogP contribution in [0.2, 0.25) is 0 Å². The Balaban J connectivity index is 2.48. The largest absolute Gasteiger partial charge is 0.478 e. The number of aliphatic carboxylic acids is 1. The van der Waals surface area contributed by atoms with Crippen LogP contribution >= 0.6 is 0 Å². The predicted octanol–water partition coefficient (Wildman–Crippen LogP) is 1.86. The third-order valence-electron chi connectivity index (χ3n) is 2.45. The number of aromatic nitrogens is 1. The van der Waals surface area contributed by atoms with Crippen molar-refractivity contribution in [2.45, 2.75) is 0 Å². The van der Waals surface area contributed by atoms with Crippen LogP contribution in [-0.4, -0.2) is 21.8 Å². The first-order valence-corrected chi connectivity index (χ1v) is 5.08. The van der Waals surface area contributed by atoms with Crippen LogP contribution in [0.4, 0.5) is 0 Å². The van der Waals surface area contributed by atoms with Crippen LogP contribution in [0.1, 0.15) is 15.9 Å². The zero-order valence-electron chi connectivity index (χ0n) is 9.18. The van der Waals surface area contributed by atoms with Gasteiger partial charge in [-0.15, -0.1) is 0 Å². The number of carbonyl (C=O) groups is 2. The van der Waals surface area contributed by atoms with E-state index in [1.54, 1.807) is 18.2 Å². The molecular formula is C13H8N2O3. The van der Waals surface area contributed by atoms with Crippen LogP contribution in [0.25, 0.3) is 10.9 Å². The number of carboxylic acid groups (broad SMARTS) is 1. The second kappa shape index (κ2) is 4.55. The van der Waals surface area contributed by atoms with E-state index in [0.717, 1.165) is 17.7 Å². The second-order valence-electron chi connectivity index (χ2n) is 3.61. The molecule has 1 aromatic carbocycles. The lowest BCUT2D eigenvalue weighted by Gasteiger charge is -1.94. The Bertz CT molecular complexity index is 705. The predicted molar refractivity (Wildman–Crippen MR) is 64.1 cm³/mol. The molecule has 0 aliphatic heterocycles. The maximum Gasteiger partial charge on any atom is 0.328 e. The average Bonchev–Trinajstić information content (AvgIpc) is 2.78. The minimum absolute atomic E-state index is 0.347. The van der Waals surface area contributed by atoms with Crippen LogP contribution in [-0.2, 0) is 4.79 Å². The number of carbonyl (C=O) groups excluding carboxylic acids is 1. The summed E-state index contributed by atoms with van der Waals surface area (Å²) in [6, 6.07) is 6.92. The van der Waals surface area contributed by atoms with Crippen molar-refractivity contribution >= 4 is 22.7 Å². The molecule has 0 spiro atoms. The van der Waals surface area contributed by atoms with Gasteiger partial charge < -0.3 is 10.1 Å². The number of benzene rings is 1. The number of aromatic amines is 1. The fourth-order valence-corrected chi connectivity index (χ4v) is 1.63. The summed E-state index contributed by atoms with van der Waals surface area (Å²) in [7, 11) is 0. The summed E-state index contributed by atoms with van der Waals surface area (Å²) in [5.74, 6) is -1.60. The van der Waals surface area contributed by atoms with Gasteiger partial charge in [0.1, 0.15) is 0 Å². The normalized spacial score (nSPS) is 10.6. The van der Waals surface area contributed by atoms with Gasteiger partial charge in [-0.1, -0.05) is 0 Å². The third kappa shape index (κ3) is 2.13. The molecule has 0 bridgehead atoms. The van der Waals surface area contributed by atoms with E-state index in [1.807, 2.05) is 6.07 Å². The lowest BCUT2D eigenvalue weighted by molar-refractivity contribution is -0.131. The van der Waals surface area contributed by atoms with Crippen molar-refractivity contribution in [2.75, 3.05) is 0 Å². The van der Waals surface area contributed by atoms with E-state index in [9.17, 15) is 9.59 Å². The van der Waals surface area contributed by atoms with Crippen molar-refractivity contribution in [3.8, 4) is 6.07 Å². The molecule has 0 aliphatic carbocycles. The van der Waals surface area contributed by atoms with Gasteiger partial charge in [0.15, 0.2) is 5.78 Å². The molecule has 0 aliphatic rings. The standard InChI is InChI=1S/C13H8N2O3/c14-6-8-1-2-11-9(5-8)10(7-15-11)12(16)3-4-13(17)18/h1-5,7,15H,(H,17,18)/b4-3+. The topological polar surface area (TPSA) is 94.0 Å². The minimum Gasteiger partial charge on any atom is -0.478 e. The van der Waals surface area contributed by atoms with Crippen LogP contribution < -0.4 is 0 Å². The maximum atomic E-state index is 11.8. The summed E-state index contributed by atoms with van der Waals surface area (Å²) in [6.07, 6.45) is 3.28. The van der Waals surface area contributed by atoms with E-state index in [1.165, 1.54) is 6.20 Å². The van der Waals surface area contributed by atoms with Crippen molar-refractivity contribution in [1.29, 1.82) is 5.26 Å². The van der Waals surface area contributed by atoms with Gasteiger partial charge in [0, 0.05) is 28.7 Å². The van der Waals surface area contributed by atoms with Gasteiger partial charge in [0.2, 0.25) is 0 Å². The molecule has 5 nitrogen and oxygen atoms in total. The number of carboxylic acids is 1. The highest BCUT2D eigenvalue weighted by molar-refractivity contribution is 6.14. The van der Waals surface area contributed by atoms with Gasteiger partial charge in [-0.05, 0) is 24.3 Å². The van der Waals surface area contributed by atoms with E-state index in [0.29, 0.717) is 16.5 Å². The molecule has 0 unspecified atom stereocenters. The van der Waals surface area contributed by atoms with Crippen LogP contribution in [0.15, 0.2) is 36.5 Å². The zero-order valence-corrected chi connectivity index (χ0v) is 9.18. The van der Waals surface area contributed by atoms with Gasteiger partial charge in [0.25, 0.3) is 0 Å². The molecule has 0 saturated heterocycles. The van der Waals surface area contributed by atoms with E-state index in [-0.39, 0.29) is 0 Å². The molecule has 1 aromatic heterocycles. The zero-order chi connectivity index (χ0) is 13.1. The number of nitriles is 1. The second-order valence-corrected chi connectivity index (χ2v) is 3.61. The van der Waals surface area contributed by atoms with Crippen LogP contribution in [0.3, 0.4) is 0 Å². The van der Waals surface area contributed by atoms with Gasteiger partial charge in [0.05, 0.1) is 11.6 Å². The number of rotatable bonds is 3. The van der Waals surface area contributed by atoms with Gasteiger partial charge in [-0.3, -0.25) is 4.79 Å². The highest BCUT2D eigenvalue weighted by Crippen LogP contribution is 2.20. The number of hydrogen-bond donors (Lipinski definition) is 2. The summed E-state index contributed by atoms with van der Waals surface area (Å²) in [5, 5.41) is 17.9. The third-order valence-corrected chi connectivity index (χ3v) is 2.45. The quantitative estimate of drug-likeness (QED) is 0.632. The first kappa shape index (κ1) is 11.6. The SMILES string of the molecule is N#Cc1ccc2[nH]cc(C(=O)/C=C/C(=O)O)c2c1. The Hall–Kier alpha value is -2.87. The number of nitrogens with zero attached hydrogens (tertiary/aromatic N) is 1. The van der Waals surface area contributed by atoms with E-state index >= 15 is 0 Å². The van der Waals surface area contributed by atoms with Crippen LogP contribution in [0, 0.1) is 11.3 Å². The molecule has 0 radical (unpaired) electrons. The Morgan fingerprint density at radius 3 is 2.78 bits per heavy atom. The molecule has 1 heterocycles. The molecule has 2 N–H and O–H groups in total. The van der Waals surface area contributed by atoms with Crippen molar-refractivity contribution in [3.05, 3.63) is 47.7 Å². The van der Waals surface area contributed by atoms with Crippen molar-refractivity contribution in [2.24, 2.45) is 0 Å². The van der Waals surface area contributed by atoms with Gasteiger partial charge >= 0.3 is 5.97 Å². The number of allylic oxidation sites excluding steroid dienone is 1. The number of nitrogens with one attached hydrogen (secondary N) is 1. The van der Waals surface area contributed by atoms with E-state index < -0.39 is 11.8 Å². The molecule has 18 heavy (non-hydrogen) atoms. The van der Waals surface area contributed by atoms with Crippen molar-refractivity contribution in [3.63, 3.8) is 0 Å². The van der Waals surface area contributed by atoms with E-state index in [2.05, 4.69) is 4.98 Å². The fraction of sp³-hybridized carbons (Fsp3) is 0. The lowest BCUT2D eigenvalue weighted by Crippen LogP contribution is -1.95. The number of hydrogen-bond acceptors (Lipinski definition) is 3. The first-order chi connectivity index (χ1) is 8.61. The molecule has 0 amide bonds. The van der Waals surface area contributed by atoms with Crippen molar-refractivity contribution < 1.29 is 14.7 Å². The lowest BCUT2D eigenvalue weighted by atomic mass is 10.1. The minimum atomic E-state index is -1.18. The molecule has 0 fully saturated rings. The molecule has 5 heteroatoms. The molecule has 88 valence electrons. The molecule has 2 rings (SSSR count). The Kier molecular flexibility index (Phi) is 2.94. The molecule has 0 atom stereocenters. The number of fused-ring (bicyclic) bond motifs is 1. The average molecular weight is 240 g/mol. The highest BCUT2D eigenvalue weighted by atomic mass is 16.4. The Morgan fingerprint density at radius 2 is 2.11 bits per heavy atom. The summed E-state index contributed by atoms with van der Waals surface area (Å²) >= 11 is 0. The smallest absolute Gasteiger partial charge is 0.328 e. The molecule has 2 aromatic rings. The first-order valence-electron chi connectivity index (χ1n) is 5.08. The summed E-state index contributed by atoms with van der Waals surface area (Å²) in [5.41, 5.74) is 1.51. The maximum absolute atomic E-state index is 11.8. The highest BCUT2D eigenvalue weighted by Gasteiger charge is 2.10. The fourth-order valence-electron chi connectivity index (χ4n) is 1.63. The van der Waals surface area contributed by atoms with Crippen molar-refractivity contribution in [1.82, 2.24) is 4.98 Å². The van der Waals surface area contributed by atoms with Gasteiger partial charge in [-0.2, -0.15) is 5.26 Å². The summed E-state index contributed by atoms with van der Waals surface area (Å²) < 4.78 is 0. The van der Waals surface area contributed by atoms with E-state index in [4.69, 9.17) is 10.4 Å². The monoisotopic (exact) mass is 240 g/mol. The Morgan fingerprint density at radius 1 is 1.33 bits per heavy atom. The van der Waals surface area contributed by atoms with Crippen LogP contribution in [0.5, 0.6) is 0 Å². The summed E-state index contributed by atoms with van der Waals surface area (Å²) in [4.78, 5) is 25.0. The summed E-state index contributed by atoms with van der Waals surface area (Å²) in [6.45, 7) is 0. The molecule has 0 saturated carbocycles. The molecular weight excluding hydrogens is 232 g/mol.